The van der Waals surface area contributed by atoms with E-state index in [4.69, 9.17) is 4.74 Å². The van der Waals surface area contributed by atoms with Crippen LogP contribution in [0.5, 0.6) is 5.88 Å². The second kappa shape index (κ2) is 5.92. The molecule has 0 aliphatic rings. The molecule has 20 heavy (non-hydrogen) atoms. The minimum Gasteiger partial charge on any atom is -0.481 e. The number of ketones is 1. The van der Waals surface area contributed by atoms with Crippen LogP contribution in [0.25, 0.3) is 0 Å². The molecule has 6 nitrogen and oxygen atoms in total. The number of methoxy groups -OCH3 is 1. The van der Waals surface area contributed by atoms with Crippen LogP contribution in [-0.4, -0.2) is 28.8 Å². The Morgan fingerprint density at radius 1 is 1.20 bits per heavy atom. The number of carbonyl (C=O) groups is 2. The van der Waals surface area contributed by atoms with E-state index in [2.05, 4.69) is 15.3 Å². The molecule has 6 heteroatoms. The smallest absolute Gasteiger partial charge is 0.274 e. The highest BCUT2D eigenvalue weighted by molar-refractivity contribution is 6.04. The van der Waals surface area contributed by atoms with Crippen LogP contribution in [0.4, 0.5) is 5.69 Å². The summed E-state index contributed by atoms with van der Waals surface area (Å²) in [6.45, 7) is 1.47. The third-order valence-corrected chi connectivity index (χ3v) is 2.61. The van der Waals surface area contributed by atoms with Gasteiger partial charge in [-0.3, -0.25) is 9.59 Å². The van der Waals surface area contributed by atoms with Crippen molar-refractivity contribution in [3.05, 3.63) is 47.9 Å². The minimum atomic E-state index is -0.397. The van der Waals surface area contributed by atoms with Crippen molar-refractivity contribution in [3.63, 3.8) is 0 Å². The van der Waals surface area contributed by atoms with E-state index in [-0.39, 0.29) is 11.5 Å². The van der Waals surface area contributed by atoms with Crippen molar-refractivity contribution in [2.24, 2.45) is 0 Å². The minimum absolute atomic E-state index is 0.0650. The third-order valence-electron chi connectivity index (χ3n) is 2.61. The molecule has 0 radical (unpaired) electrons. The van der Waals surface area contributed by atoms with Gasteiger partial charge in [-0.1, -0.05) is 12.1 Å². The highest BCUT2D eigenvalue weighted by atomic mass is 16.5. The second-order valence-corrected chi connectivity index (χ2v) is 4.04. The number of nitrogens with one attached hydrogen (secondary N) is 1. The molecule has 2 aromatic rings. The molecule has 102 valence electrons. The van der Waals surface area contributed by atoms with E-state index in [0.717, 1.165) is 0 Å². The molecule has 0 fully saturated rings. The fraction of sp³-hybridized carbons (Fsp3) is 0.143. The van der Waals surface area contributed by atoms with Gasteiger partial charge in [0, 0.05) is 17.3 Å². The van der Waals surface area contributed by atoms with Crippen LogP contribution in [0, 0.1) is 0 Å². The van der Waals surface area contributed by atoms with Crippen molar-refractivity contribution in [1.82, 2.24) is 9.97 Å². The highest BCUT2D eigenvalue weighted by Gasteiger charge is 2.10. The van der Waals surface area contributed by atoms with Crippen molar-refractivity contribution in [2.75, 3.05) is 12.4 Å². The van der Waals surface area contributed by atoms with Gasteiger partial charge >= 0.3 is 0 Å². The van der Waals surface area contributed by atoms with E-state index < -0.39 is 5.91 Å². The number of anilines is 1. The summed E-state index contributed by atoms with van der Waals surface area (Å²) in [5.74, 6) is -0.154. The van der Waals surface area contributed by atoms with Crippen molar-refractivity contribution in [3.8, 4) is 5.88 Å². The molecule has 1 N–H and O–H groups in total. The molecule has 0 saturated carbocycles. The first-order chi connectivity index (χ1) is 9.60. The molecule has 0 aliphatic carbocycles. The van der Waals surface area contributed by atoms with Gasteiger partial charge in [0.25, 0.3) is 5.91 Å². The highest BCUT2D eigenvalue weighted by Crippen LogP contribution is 2.13. The van der Waals surface area contributed by atoms with Crippen LogP contribution in [-0.2, 0) is 0 Å². The Labute approximate surface area is 115 Å². The first-order valence-corrected chi connectivity index (χ1v) is 5.88. The van der Waals surface area contributed by atoms with Gasteiger partial charge in [-0.2, -0.15) is 0 Å². The predicted molar refractivity (Wildman–Crippen MR) is 73.0 cm³/mol. The Bertz CT molecular complexity index is 656. The topological polar surface area (TPSA) is 81.2 Å². The van der Waals surface area contributed by atoms with Gasteiger partial charge in [-0.15, -0.1) is 0 Å². The Balaban J connectivity index is 2.18. The fourth-order valence-electron chi connectivity index (χ4n) is 1.59. The summed E-state index contributed by atoms with van der Waals surface area (Å²) < 4.78 is 4.93. The van der Waals surface area contributed by atoms with Gasteiger partial charge in [-0.05, 0) is 19.1 Å². The van der Waals surface area contributed by atoms with Gasteiger partial charge in [0.05, 0.1) is 7.11 Å². The summed E-state index contributed by atoms with van der Waals surface area (Å²) in [6, 6.07) is 8.13. The molecule has 0 spiro atoms. The monoisotopic (exact) mass is 271 g/mol. The van der Waals surface area contributed by atoms with Gasteiger partial charge in [-0.25, -0.2) is 9.97 Å². The molecule has 1 amide bonds. The zero-order valence-electron chi connectivity index (χ0n) is 11.1. The first-order valence-electron chi connectivity index (χ1n) is 5.88. The molecule has 0 atom stereocenters. The number of hydrogen-bond donors (Lipinski definition) is 1. The number of aromatic nitrogens is 2. The van der Waals surface area contributed by atoms with Crippen molar-refractivity contribution < 1.29 is 14.3 Å². The summed E-state index contributed by atoms with van der Waals surface area (Å²) in [5.41, 5.74) is 1.24. The lowest BCUT2D eigenvalue weighted by molar-refractivity contribution is 0.100. The van der Waals surface area contributed by atoms with Gasteiger partial charge in [0.1, 0.15) is 12.0 Å². The van der Waals surface area contributed by atoms with Gasteiger partial charge in [0.15, 0.2) is 5.78 Å². The fourth-order valence-corrected chi connectivity index (χ4v) is 1.59. The summed E-state index contributed by atoms with van der Waals surface area (Å²) in [6.07, 6.45) is 1.25. The first kappa shape index (κ1) is 13.7. The number of Topliss-reactive ketones (excluding diaryl/α,β-unsaturated/α-hetero) is 1. The Kier molecular flexibility index (Phi) is 4.05. The van der Waals surface area contributed by atoms with Crippen molar-refractivity contribution in [2.45, 2.75) is 6.92 Å². The molecule has 0 saturated heterocycles. The Morgan fingerprint density at radius 3 is 2.70 bits per heavy atom. The molecular formula is C14H13N3O3. The largest absolute Gasteiger partial charge is 0.481 e. The summed E-state index contributed by atoms with van der Waals surface area (Å²) >= 11 is 0. The number of carbonyl (C=O) groups excluding carboxylic acids is 2. The summed E-state index contributed by atoms with van der Waals surface area (Å²) in [7, 11) is 1.46. The average Bonchev–Trinajstić information content (AvgIpc) is 2.47. The maximum absolute atomic E-state index is 12.0. The molecular weight excluding hydrogens is 258 g/mol. The van der Waals surface area contributed by atoms with Crippen LogP contribution in [0.2, 0.25) is 0 Å². The number of ether oxygens (including phenoxy) is 1. The zero-order chi connectivity index (χ0) is 14.5. The van der Waals surface area contributed by atoms with Crippen LogP contribution >= 0.6 is 0 Å². The lowest BCUT2D eigenvalue weighted by atomic mass is 10.1. The normalized spacial score (nSPS) is 9.90. The van der Waals surface area contributed by atoms with Crippen molar-refractivity contribution >= 4 is 17.4 Å². The van der Waals surface area contributed by atoms with Crippen LogP contribution in [0.15, 0.2) is 36.7 Å². The SMILES string of the molecule is COc1cc(C(=O)Nc2cccc(C(C)=O)c2)ncn1. The average molecular weight is 271 g/mol. The molecule has 1 heterocycles. The number of nitrogens with zero attached hydrogens (tertiary/aromatic N) is 2. The van der Waals surface area contributed by atoms with E-state index in [9.17, 15) is 9.59 Å². The third kappa shape index (κ3) is 3.17. The van der Waals surface area contributed by atoms with Crippen LogP contribution in [0.3, 0.4) is 0 Å². The summed E-state index contributed by atoms with van der Waals surface area (Å²) in [5, 5.41) is 2.67. The quantitative estimate of drug-likeness (QED) is 0.859. The molecule has 0 bridgehead atoms. The van der Waals surface area contributed by atoms with Gasteiger partial charge in [0.2, 0.25) is 5.88 Å². The maximum Gasteiger partial charge on any atom is 0.274 e. The molecule has 1 aromatic heterocycles. The number of benzene rings is 1. The maximum atomic E-state index is 12.0. The lowest BCUT2D eigenvalue weighted by Crippen LogP contribution is -2.14. The standard InChI is InChI=1S/C14H13N3O3/c1-9(18)10-4-3-5-11(6-10)17-14(19)12-7-13(20-2)16-8-15-12/h3-8H,1-2H3,(H,17,19). The number of amides is 1. The molecule has 2 rings (SSSR count). The molecule has 0 unspecified atom stereocenters. The Hall–Kier alpha value is -2.76. The number of hydrogen-bond acceptors (Lipinski definition) is 5. The predicted octanol–water partition coefficient (Wildman–Crippen LogP) is 1.94. The molecule has 1 aromatic carbocycles. The lowest BCUT2D eigenvalue weighted by Gasteiger charge is -2.06. The van der Waals surface area contributed by atoms with Crippen LogP contribution in [0.1, 0.15) is 27.8 Å². The van der Waals surface area contributed by atoms with E-state index in [0.29, 0.717) is 17.1 Å². The van der Waals surface area contributed by atoms with E-state index in [1.165, 1.54) is 26.4 Å². The molecule has 0 aliphatic heterocycles. The number of rotatable bonds is 4. The van der Waals surface area contributed by atoms with E-state index in [1.54, 1.807) is 24.3 Å². The van der Waals surface area contributed by atoms with Gasteiger partial charge < -0.3 is 10.1 Å². The second-order valence-electron chi connectivity index (χ2n) is 4.04. The summed E-state index contributed by atoms with van der Waals surface area (Å²) in [4.78, 5) is 31.0. The van der Waals surface area contributed by atoms with E-state index >= 15 is 0 Å². The van der Waals surface area contributed by atoms with Crippen molar-refractivity contribution in [1.29, 1.82) is 0 Å². The van der Waals surface area contributed by atoms with Crippen LogP contribution < -0.4 is 10.1 Å². The van der Waals surface area contributed by atoms with E-state index in [1.807, 2.05) is 0 Å². The zero-order valence-corrected chi connectivity index (χ0v) is 11.1. The Morgan fingerprint density at radius 2 is 2.00 bits per heavy atom.